The maximum Gasteiger partial charge on any atom is 0.293 e. The molecule has 0 saturated carbocycles. The summed E-state index contributed by atoms with van der Waals surface area (Å²) < 4.78 is 4.88. The highest BCUT2D eigenvalue weighted by molar-refractivity contribution is 6.42. The SMILES string of the molecule is COCCCNc1cc(Cl)c(Cl)cc1[N+](=O)[O-]. The Labute approximate surface area is 109 Å². The van der Waals surface area contributed by atoms with Crippen LogP contribution in [0.3, 0.4) is 0 Å². The van der Waals surface area contributed by atoms with Crippen LogP contribution in [0.5, 0.6) is 0 Å². The number of nitrogens with one attached hydrogen (secondary N) is 1. The second-order valence-electron chi connectivity index (χ2n) is 3.31. The Kier molecular flexibility index (Phi) is 5.47. The first kappa shape index (κ1) is 14.0. The Balaban J connectivity index is 2.81. The van der Waals surface area contributed by atoms with Crippen molar-refractivity contribution < 1.29 is 9.66 Å². The van der Waals surface area contributed by atoms with E-state index >= 15 is 0 Å². The molecule has 0 aliphatic heterocycles. The van der Waals surface area contributed by atoms with Gasteiger partial charge >= 0.3 is 0 Å². The van der Waals surface area contributed by atoms with Gasteiger partial charge in [0.25, 0.3) is 5.69 Å². The Bertz CT molecular complexity index is 413. The molecule has 5 nitrogen and oxygen atoms in total. The molecule has 0 aliphatic rings. The average Bonchev–Trinajstić information content (AvgIpc) is 2.28. The van der Waals surface area contributed by atoms with Crippen molar-refractivity contribution in [2.24, 2.45) is 0 Å². The number of rotatable bonds is 6. The average molecular weight is 279 g/mol. The van der Waals surface area contributed by atoms with Crippen LogP contribution < -0.4 is 5.32 Å². The summed E-state index contributed by atoms with van der Waals surface area (Å²) in [5.41, 5.74) is 0.275. The normalized spacial score (nSPS) is 10.3. The van der Waals surface area contributed by atoms with Crippen molar-refractivity contribution in [3.63, 3.8) is 0 Å². The molecule has 0 atom stereocenters. The fourth-order valence-corrected chi connectivity index (χ4v) is 1.59. The summed E-state index contributed by atoms with van der Waals surface area (Å²) in [6, 6.07) is 2.69. The molecule has 1 aromatic carbocycles. The molecule has 1 aromatic rings. The zero-order valence-corrected chi connectivity index (χ0v) is 10.7. The molecule has 17 heavy (non-hydrogen) atoms. The van der Waals surface area contributed by atoms with Gasteiger partial charge in [0.05, 0.1) is 15.0 Å². The lowest BCUT2D eigenvalue weighted by Gasteiger charge is -2.08. The summed E-state index contributed by atoms with van der Waals surface area (Å²) in [6.07, 6.45) is 0.744. The summed E-state index contributed by atoms with van der Waals surface area (Å²) in [7, 11) is 1.60. The summed E-state index contributed by atoms with van der Waals surface area (Å²) >= 11 is 11.5. The van der Waals surface area contributed by atoms with Crippen LogP contribution in [0.25, 0.3) is 0 Å². The van der Waals surface area contributed by atoms with Crippen LogP contribution in [0, 0.1) is 10.1 Å². The second-order valence-corrected chi connectivity index (χ2v) is 4.13. The highest BCUT2D eigenvalue weighted by atomic mass is 35.5. The number of nitro groups is 1. The van der Waals surface area contributed by atoms with E-state index < -0.39 is 4.92 Å². The Hall–Kier alpha value is -1.04. The number of methoxy groups -OCH3 is 1. The van der Waals surface area contributed by atoms with Gasteiger partial charge in [0.2, 0.25) is 0 Å². The fraction of sp³-hybridized carbons (Fsp3) is 0.400. The summed E-state index contributed by atoms with van der Waals surface area (Å²) in [5, 5.41) is 14.2. The van der Waals surface area contributed by atoms with E-state index in [1.54, 1.807) is 7.11 Å². The van der Waals surface area contributed by atoms with Crippen molar-refractivity contribution in [3.05, 3.63) is 32.3 Å². The van der Waals surface area contributed by atoms with Crippen LogP contribution in [0.15, 0.2) is 12.1 Å². The van der Waals surface area contributed by atoms with Gasteiger partial charge in [0.1, 0.15) is 5.69 Å². The van der Waals surface area contributed by atoms with Gasteiger partial charge in [-0.2, -0.15) is 0 Å². The van der Waals surface area contributed by atoms with E-state index in [0.29, 0.717) is 18.8 Å². The molecule has 7 heteroatoms. The van der Waals surface area contributed by atoms with Gasteiger partial charge in [0, 0.05) is 26.3 Å². The molecule has 0 saturated heterocycles. The van der Waals surface area contributed by atoms with Crippen molar-refractivity contribution >= 4 is 34.6 Å². The van der Waals surface area contributed by atoms with Crippen molar-refractivity contribution in [1.82, 2.24) is 0 Å². The number of hydrogen-bond acceptors (Lipinski definition) is 4. The standard InChI is InChI=1S/C10H12Cl2N2O3/c1-17-4-2-3-13-9-5-7(11)8(12)6-10(9)14(15)16/h5-6,13H,2-4H2,1H3. The molecule has 94 valence electrons. The largest absolute Gasteiger partial charge is 0.385 e. The number of nitro benzene ring substituents is 1. The monoisotopic (exact) mass is 278 g/mol. The van der Waals surface area contributed by atoms with Crippen LogP contribution >= 0.6 is 23.2 Å². The Morgan fingerprint density at radius 1 is 1.41 bits per heavy atom. The lowest BCUT2D eigenvalue weighted by atomic mass is 10.2. The molecule has 0 bridgehead atoms. The van der Waals surface area contributed by atoms with Crippen molar-refractivity contribution in [1.29, 1.82) is 0 Å². The number of ether oxygens (including phenoxy) is 1. The van der Waals surface area contributed by atoms with E-state index in [9.17, 15) is 10.1 Å². The van der Waals surface area contributed by atoms with Crippen LogP contribution in [0.4, 0.5) is 11.4 Å². The van der Waals surface area contributed by atoms with E-state index in [1.165, 1.54) is 12.1 Å². The van der Waals surface area contributed by atoms with Crippen LogP contribution in [-0.4, -0.2) is 25.2 Å². The summed E-state index contributed by atoms with van der Waals surface area (Å²) in [5.74, 6) is 0. The second kappa shape index (κ2) is 6.64. The first-order chi connectivity index (χ1) is 8.06. The zero-order chi connectivity index (χ0) is 12.8. The molecule has 0 radical (unpaired) electrons. The fourth-order valence-electron chi connectivity index (χ4n) is 1.27. The van der Waals surface area contributed by atoms with Crippen molar-refractivity contribution in [3.8, 4) is 0 Å². The molecule has 0 aromatic heterocycles. The van der Waals surface area contributed by atoms with Crippen molar-refractivity contribution in [2.75, 3.05) is 25.6 Å². The van der Waals surface area contributed by atoms with Crippen LogP contribution in [0.1, 0.15) is 6.42 Å². The maximum absolute atomic E-state index is 10.8. The first-order valence-corrected chi connectivity index (χ1v) is 5.68. The third kappa shape index (κ3) is 4.03. The van der Waals surface area contributed by atoms with Gasteiger partial charge in [-0.15, -0.1) is 0 Å². The van der Waals surface area contributed by atoms with E-state index in [-0.39, 0.29) is 15.7 Å². The smallest absolute Gasteiger partial charge is 0.293 e. The third-order valence-electron chi connectivity index (χ3n) is 2.08. The van der Waals surface area contributed by atoms with E-state index in [4.69, 9.17) is 27.9 Å². The number of hydrogen-bond donors (Lipinski definition) is 1. The van der Waals surface area contributed by atoms with E-state index in [1.807, 2.05) is 0 Å². The van der Waals surface area contributed by atoms with Gasteiger partial charge in [-0.25, -0.2) is 0 Å². The third-order valence-corrected chi connectivity index (χ3v) is 2.80. The van der Waals surface area contributed by atoms with E-state index in [0.717, 1.165) is 6.42 Å². The Morgan fingerprint density at radius 3 is 2.65 bits per heavy atom. The molecule has 0 heterocycles. The minimum Gasteiger partial charge on any atom is -0.385 e. The number of anilines is 1. The van der Waals surface area contributed by atoms with Gasteiger partial charge in [-0.3, -0.25) is 10.1 Å². The Morgan fingerprint density at radius 2 is 2.06 bits per heavy atom. The molecule has 1 rings (SSSR count). The lowest BCUT2D eigenvalue weighted by Crippen LogP contribution is -2.06. The summed E-state index contributed by atoms with van der Waals surface area (Å²) in [4.78, 5) is 10.3. The lowest BCUT2D eigenvalue weighted by molar-refractivity contribution is -0.383. The molecule has 0 spiro atoms. The number of halogens is 2. The molecule has 0 unspecified atom stereocenters. The minimum absolute atomic E-state index is 0.0863. The number of benzene rings is 1. The molecule has 0 amide bonds. The molecule has 0 aliphatic carbocycles. The first-order valence-electron chi connectivity index (χ1n) is 4.92. The van der Waals surface area contributed by atoms with Gasteiger partial charge in [-0.1, -0.05) is 23.2 Å². The number of nitrogens with zero attached hydrogens (tertiary/aromatic N) is 1. The quantitative estimate of drug-likeness (QED) is 0.492. The maximum atomic E-state index is 10.8. The van der Waals surface area contributed by atoms with Gasteiger partial charge < -0.3 is 10.1 Å². The highest BCUT2D eigenvalue weighted by Crippen LogP contribution is 2.33. The predicted molar refractivity (Wildman–Crippen MR) is 68.1 cm³/mol. The van der Waals surface area contributed by atoms with Crippen LogP contribution in [0.2, 0.25) is 10.0 Å². The van der Waals surface area contributed by atoms with Gasteiger partial charge in [-0.05, 0) is 12.5 Å². The van der Waals surface area contributed by atoms with Crippen molar-refractivity contribution in [2.45, 2.75) is 6.42 Å². The molecule has 0 fully saturated rings. The minimum atomic E-state index is -0.499. The topological polar surface area (TPSA) is 64.4 Å². The predicted octanol–water partition coefficient (Wildman–Crippen LogP) is 3.35. The van der Waals surface area contributed by atoms with E-state index in [2.05, 4.69) is 5.32 Å². The molecular formula is C10H12Cl2N2O3. The van der Waals surface area contributed by atoms with Gasteiger partial charge in [0.15, 0.2) is 0 Å². The summed E-state index contributed by atoms with van der Waals surface area (Å²) in [6.45, 7) is 1.15. The molecular weight excluding hydrogens is 267 g/mol. The van der Waals surface area contributed by atoms with Crippen LogP contribution in [-0.2, 0) is 4.74 Å². The highest BCUT2D eigenvalue weighted by Gasteiger charge is 2.16. The molecule has 1 N–H and O–H groups in total. The zero-order valence-electron chi connectivity index (χ0n) is 9.20.